The van der Waals surface area contributed by atoms with Gasteiger partial charge in [-0.25, -0.2) is 8.42 Å². The van der Waals surface area contributed by atoms with Crippen LogP contribution in [0.25, 0.3) is 0 Å². The normalized spacial score (nSPS) is 12.8. The van der Waals surface area contributed by atoms with E-state index in [1.54, 1.807) is 0 Å². The van der Waals surface area contributed by atoms with Crippen LogP contribution in [0.5, 0.6) is 17.2 Å². The summed E-state index contributed by atoms with van der Waals surface area (Å²) in [5.74, 6) is -0.0573. The Hall–Kier alpha value is -3.27. The summed E-state index contributed by atoms with van der Waals surface area (Å²) in [5, 5.41) is 0. The van der Waals surface area contributed by atoms with Crippen molar-refractivity contribution in [3.8, 4) is 17.2 Å². The fourth-order valence-electron chi connectivity index (χ4n) is 2.52. The summed E-state index contributed by atoms with van der Waals surface area (Å²) in [6.07, 6.45) is 1.07. The fraction of sp³-hybridized carbons (Fsp3) is 0.222. The molecule has 0 fully saturated rings. The van der Waals surface area contributed by atoms with E-state index in [0.717, 1.165) is 6.26 Å². The summed E-state index contributed by atoms with van der Waals surface area (Å²) in [6.45, 7) is 0.727. The maximum Gasteiger partial charge on any atom is 0.269 e. The molecule has 2 aromatic rings. The summed E-state index contributed by atoms with van der Waals surface area (Å²) in [7, 11) is -1.92. The number of nitrogens with one attached hydrogen (secondary N) is 2. The van der Waals surface area contributed by atoms with E-state index in [9.17, 15) is 18.0 Å². The number of sulfone groups is 1. The zero-order valence-corrected chi connectivity index (χ0v) is 16.0. The van der Waals surface area contributed by atoms with Crippen molar-refractivity contribution < 1.29 is 32.2 Å². The van der Waals surface area contributed by atoms with Crippen molar-refractivity contribution in [2.45, 2.75) is 4.90 Å². The average molecular weight is 406 g/mol. The second-order valence-electron chi connectivity index (χ2n) is 5.91. The fourth-order valence-corrected chi connectivity index (χ4v) is 3.15. The number of methoxy groups -OCH3 is 1. The van der Waals surface area contributed by atoms with Gasteiger partial charge in [-0.2, -0.15) is 0 Å². The predicted molar refractivity (Wildman–Crippen MR) is 98.5 cm³/mol. The first kappa shape index (κ1) is 19.5. The lowest BCUT2D eigenvalue weighted by Gasteiger charge is -2.21. The van der Waals surface area contributed by atoms with E-state index in [0.29, 0.717) is 30.5 Å². The number of hydrazine groups is 1. The molecule has 0 atom stereocenters. The van der Waals surface area contributed by atoms with Gasteiger partial charge in [-0.3, -0.25) is 20.4 Å². The Morgan fingerprint density at radius 3 is 2.18 bits per heavy atom. The number of carbonyl (C=O) groups excluding carboxylic acids is 2. The molecule has 3 rings (SSSR count). The molecule has 1 aliphatic heterocycles. The third-order valence-corrected chi connectivity index (χ3v) is 5.05. The van der Waals surface area contributed by atoms with Gasteiger partial charge in [-0.05, 0) is 36.4 Å². The first-order valence-corrected chi connectivity index (χ1v) is 10.1. The molecular formula is C18H18N2O7S. The van der Waals surface area contributed by atoms with Crippen molar-refractivity contribution in [2.75, 3.05) is 26.6 Å². The molecule has 2 N–H and O–H groups in total. The van der Waals surface area contributed by atoms with Gasteiger partial charge in [0.25, 0.3) is 11.8 Å². The topological polar surface area (TPSA) is 120 Å². The minimum atomic E-state index is -3.36. The molecule has 148 valence electrons. The van der Waals surface area contributed by atoms with Crippen molar-refractivity contribution in [1.29, 1.82) is 0 Å². The number of amides is 2. The molecule has 10 heteroatoms. The highest BCUT2D eigenvalue weighted by atomic mass is 32.2. The van der Waals surface area contributed by atoms with Crippen LogP contribution < -0.4 is 25.1 Å². The number of benzene rings is 2. The lowest BCUT2D eigenvalue weighted by atomic mass is 10.1. The third-order valence-electron chi connectivity index (χ3n) is 3.92. The highest BCUT2D eigenvalue weighted by Gasteiger charge is 2.21. The highest BCUT2D eigenvalue weighted by molar-refractivity contribution is 7.90. The van der Waals surface area contributed by atoms with E-state index >= 15 is 0 Å². The monoisotopic (exact) mass is 406 g/mol. The van der Waals surface area contributed by atoms with E-state index in [2.05, 4.69) is 10.9 Å². The van der Waals surface area contributed by atoms with Gasteiger partial charge >= 0.3 is 0 Å². The van der Waals surface area contributed by atoms with Crippen molar-refractivity contribution in [3.63, 3.8) is 0 Å². The van der Waals surface area contributed by atoms with Gasteiger partial charge in [-0.15, -0.1) is 0 Å². The molecule has 0 saturated heterocycles. The molecule has 2 amide bonds. The number of fused-ring (bicyclic) bond motifs is 1. The number of hydrogen-bond donors (Lipinski definition) is 2. The Bertz CT molecular complexity index is 1000. The maximum absolute atomic E-state index is 12.4. The van der Waals surface area contributed by atoms with Gasteiger partial charge in [0, 0.05) is 17.4 Å². The van der Waals surface area contributed by atoms with Crippen LogP contribution in [0, 0.1) is 0 Å². The van der Waals surface area contributed by atoms with E-state index < -0.39 is 21.7 Å². The standard InChI is InChI=1S/C18H18N2O7S/c1-25-14-9-12(10-15-16(14)27-8-7-26-15)18(22)20-19-17(21)11-3-5-13(6-4-11)28(2,23)24/h3-6,9-10H,7-8H2,1-2H3,(H,19,21)(H,20,22). The van der Waals surface area contributed by atoms with Crippen LogP contribution in [0.2, 0.25) is 0 Å². The van der Waals surface area contributed by atoms with Crippen LogP contribution in [0.4, 0.5) is 0 Å². The van der Waals surface area contributed by atoms with E-state index in [4.69, 9.17) is 14.2 Å². The molecule has 0 aliphatic carbocycles. The summed E-state index contributed by atoms with van der Waals surface area (Å²) < 4.78 is 39.1. The molecule has 0 saturated carbocycles. The van der Waals surface area contributed by atoms with Gasteiger partial charge in [0.2, 0.25) is 5.75 Å². The zero-order chi connectivity index (χ0) is 20.3. The number of hydrogen-bond acceptors (Lipinski definition) is 7. The number of rotatable bonds is 4. The summed E-state index contributed by atoms with van der Waals surface area (Å²) >= 11 is 0. The van der Waals surface area contributed by atoms with Crippen LogP contribution in [-0.2, 0) is 9.84 Å². The quantitative estimate of drug-likeness (QED) is 0.725. The van der Waals surface area contributed by atoms with E-state index in [1.165, 1.54) is 43.5 Å². The summed E-state index contributed by atoms with van der Waals surface area (Å²) in [6, 6.07) is 8.29. The smallest absolute Gasteiger partial charge is 0.269 e. The van der Waals surface area contributed by atoms with Gasteiger partial charge in [0.1, 0.15) is 13.2 Å². The van der Waals surface area contributed by atoms with Gasteiger partial charge < -0.3 is 14.2 Å². The van der Waals surface area contributed by atoms with Crippen LogP contribution in [0.3, 0.4) is 0 Å². The van der Waals surface area contributed by atoms with Gasteiger partial charge in [0.05, 0.1) is 12.0 Å². The van der Waals surface area contributed by atoms with Crippen LogP contribution in [0.1, 0.15) is 20.7 Å². The molecule has 0 bridgehead atoms. The minimum absolute atomic E-state index is 0.0939. The first-order chi connectivity index (χ1) is 13.3. The van der Waals surface area contributed by atoms with Crippen molar-refractivity contribution in [3.05, 3.63) is 47.5 Å². The van der Waals surface area contributed by atoms with Crippen LogP contribution in [-0.4, -0.2) is 46.8 Å². The lowest BCUT2D eigenvalue weighted by molar-refractivity contribution is 0.0846. The van der Waals surface area contributed by atoms with E-state index in [1.807, 2.05) is 0 Å². The molecule has 28 heavy (non-hydrogen) atoms. The largest absolute Gasteiger partial charge is 0.493 e. The predicted octanol–water partition coefficient (Wildman–Crippen LogP) is 0.945. The number of carbonyl (C=O) groups is 2. The summed E-state index contributed by atoms with van der Waals surface area (Å²) in [4.78, 5) is 24.6. The molecule has 9 nitrogen and oxygen atoms in total. The second-order valence-corrected chi connectivity index (χ2v) is 7.92. The second kappa shape index (κ2) is 7.77. The molecule has 0 spiro atoms. The van der Waals surface area contributed by atoms with Crippen molar-refractivity contribution >= 4 is 21.7 Å². The molecular weight excluding hydrogens is 388 g/mol. The Labute approximate surface area is 161 Å². The third kappa shape index (κ3) is 4.17. The summed E-state index contributed by atoms with van der Waals surface area (Å²) in [5.41, 5.74) is 4.95. The molecule has 1 heterocycles. The van der Waals surface area contributed by atoms with Crippen molar-refractivity contribution in [2.24, 2.45) is 0 Å². The first-order valence-electron chi connectivity index (χ1n) is 8.18. The Morgan fingerprint density at radius 2 is 1.57 bits per heavy atom. The molecule has 0 unspecified atom stereocenters. The van der Waals surface area contributed by atoms with Gasteiger partial charge in [-0.1, -0.05) is 0 Å². The maximum atomic E-state index is 12.4. The Balaban J connectivity index is 1.69. The van der Waals surface area contributed by atoms with Crippen molar-refractivity contribution in [1.82, 2.24) is 10.9 Å². The Morgan fingerprint density at radius 1 is 0.964 bits per heavy atom. The zero-order valence-electron chi connectivity index (χ0n) is 15.1. The van der Waals surface area contributed by atoms with E-state index in [-0.39, 0.29) is 16.0 Å². The SMILES string of the molecule is COc1cc(C(=O)NNC(=O)c2ccc(S(C)(=O)=O)cc2)cc2c1OCCO2. The molecule has 1 aliphatic rings. The number of ether oxygens (including phenoxy) is 3. The molecule has 2 aromatic carbocycles. The lowest BCUT2D eigenvalue weighted by Crippen LogP contribution is -2.41. The van der Waals surface area contributed by atoms with Crippen LogP contribution in [0.15, 0.2) is 41.3 Å². The molecule has 0 radical (unpaired) electrons. The van der Waals surface area contributed by atoms with Crippen LogP contribution >= 0.6 is 0 Å². The minimum Gasteiger partial charge on any atom is -0.493 e. The Kier molecular flexibility index (Phi) is 5.41. The highest BCUT2D eigenvalue weighted by Crippen LogP contribution is 2.40. The molecule has 0 aromatic heterocycles. The van der Waals surface area contributed by atoms with Gasteiger partial charge in [0.15, 0.2) is 21.3 Å². The average Bonchev–Trinajstić information content (AvgIpc) is 2.70.